The number of carbonyl (C=O) groups is 2. The van der Waals surface area contributed by atoms with Crippen molar-refractivity contribution < 1.29 is 27.5 Å². The number of nitrogens with one attached hydrogen (secondary N) is 1. The molecule has 0 unspecified atom stereocenters. The van der Waals surface area contributed by atoms with Crippen LogP contribution in [0.25, 0.3) is 0 Å². The lowest BCUT2D eigenvalue weighted by Gasteiger charge is -2.11. The van der Waals surface area contributed by atoms with Crippen molar-refractivity contribution in [1.29, 1.82) is 0 Å². The molecule has 0 aromatic heterocycles. The Labute approximate surface area is 77.4 Å². The second-order valence-electron chi connectivity index (χ2n) is 2.42. The predicted octanol–water partition coefficient (Wildman–Crippen LogP) is 0.149. The average molecular weight is 214 g/mol. The molecule has 0 rings (SSSR count). The molecule has 0 spiro atoms. The number of carbonyl (C=O) groups excluding carboxylic acids is 2. The van der Waals surface area contributed by atoms with Crippen molar-refractivity contribution in [1.82, 2.24) is 5.32 Å². The fourth-order valence-corrected chi connectivity index (χ4v) is 0.433. The summed E-state index contributed by atoms with van der Waals surface area (Å²) in [5.74, 6) is -0.938. The normalized spacial score (nSPS) is 13.1. The zero-order valence-corrected chi connectivity index (χ0v) is 7.22. The smallest absolute Gasteiger partial charge is 0.408 e. The molecular weight excluding hydrogens is 205 g/mol. The maximum absolute atomic E-state index is 11.6. The number of primary amides is 1. The molecule has 0 heterocycles. The van der Waals surface area contributed by atoms with Gasteiger partial charge in [-0.05, 0) is 6.92 Å². The molecule has 0 aliphatic heterocycles. The zero-order chi connectivity index (χ0) is 11.4. The van der Waals surface area contributed by atoms with Gasteiger partial charge in [0.1, 0.15) is 6.54 Å². The van der Waals surface area contributed by atoms with E-state index in [2.05, 4.69) is 4.74 Å². The van der Waals surface area contributed by atoms with E-state index in [4.69, 9.17) is 5.73 Å². The van der Waals surface area contributed by atoms with Crippen molar-refractivity contribution in [2.75, 3.05) is 6.54 Å². The highest BCUT2D eigenvalue weighted by atomic mass is 19.4. The van der Waals surface area contributed by atoms with Crippen molar-refractivity contribution in [2.45, 2.75) is 19.2 Å². The number of hydrogen-bond donors (Lipinski definition) is 2. The van der Waals surface area contributed by atoms with Crippen molar-refractivity contribution in [3.05, 3.63) is 0 Å². The molecule has 82 valence electrons. The van der Waals surface area contributed by atoms with Gasteiger partial charge in [-0.25, -0.2) is 4.79 Å². The molecule has 0 radical (unpaired) electrons. The molecule has 0 bridgehead atoms. The van der Waals surface area contributed by atoms with E-state index in [1.807, 2.05) is 0 Å². The molecule has 0 aliphatic carbocycles. The lowest BCUT2D eigenvalue weighted by Crippen LogP contribution is -2.38. The monoisotopic (exact) mass is 214 g/mol. The first-order chi connectivity index (χ1) is 6.22. The van der Waals surface area contributed by atoms with Gasteiger partial charge < -0.3 is 15.8 Å². The van der Waals surface area contributed by atoms with Crippen LogP contribution in [0.5, 0.6) is 0 Å². The molecular formula is C6H9F3N2O3. The van der Waals surface area contributed by atoms with Gasteiger partial charge in [0.05, 0.1) is 0 Å². The third kappa shape index (κ3) is 6.09. The van der Waals surface area contributed by atoms with Gasteiger partial charge in [0.25, 0.3) is 5.91 Å². The van der Waals surface area contributed by atoms with Crippen LogP contribution in [0.15, 0.2) is 0 Å². The van der Waals surface area contributed by atoms with Gasteiger partial charge >= 0.3 is 12.3 Å². The third-order valence-corrected chi connectivity index (χ3v) is 1.12. The minimum atomic E-state index is -4.52. The van der Waals surface area contributed by atoms with E-state index in [-0.39, 0.29) is 0 Å². The Morgan fingerprint density at radius 2 is 2.00 bits per heavy atom. The maximum atomic E-state index is 11.6. The molecule has 3 N–H and O–H groups in total. The van der Waals surface area contributed by atoms with Crippen molar-refractivity contribution >= 4 is 12.0 Å². The molecule has 0 saturated carbocycles. The van der Waals surface area contributed by atoms with Crippen molar-refractivity contribution in [3.63, 3.8) is 0 Å². The number of alkyl halides is 3. The van der Waals surface area contributed by atoms with E-state index in [9.17, 15) is 22.8 Å². The Hall–Kier alpha value is -1.47. The van der Waals surface area contributed by atoms with Gasteiger partial charge in [0, 0.05) is 0 Å². The molecule has 8 heteroatoms. The van der Waals surface area contributed by atoms with Gasteiger partial charge in [0.2, 0.25) is 0 Å². The molecule has 2 amide bonds. The quantitative estimate of drug-likeness (QED) is 0.701. The fourth-order valence-electron chi connectivity index (χ4n) is 0.433. The Morgan fingerprint density at radius 3 is 2.36 bits per heavy atom. The molecule has 0 aromatic rings. The first-order valence-electron chi connectivity index (χ1n) is 3.53. The summed E-state index contributed by atoms with van der Waals surface area (Å²) < 4.78 is 38.8. The summed E-state index contributed by atoms with van der Waals surface area (Å²) in [6.07, 6.45) is -7.12. The van der Waals surface area contributed by atoms with Crippen LogP contribution in [-0.4, -0.2) is 30.8 Å². The first kappa shape index (κ1) is 12.5. The summed E-state index contributed by atoms with van der Waals surface area (Å²) in [6.45, 7) is -0.368. The number of nitrogens with two attached hydrogens (primary N) is 1. The molecule has 14 heavy (non-hydrogen) atoms. The fraction of sp³-hybridized carbons (Fsp3) is 0.667. The molecule has 0 saturated heterocycles. The highest BCUT2D eigenvalue weighted by Gasteiger charge is 2.28. The zero-order valence-electron chi connectivity index (χ0n) is 7.22. The van der Waals surface area contributed by atoms with Crippen LogP contribution in [0.4, 0.5) is 18.0 Å². The number of amides is 2. The number of hydrogen-bond acceptors (Lipinski definition) is 3. The topological polar surface area (TPSA) is 81.4 Å². The third-order valence-electron chi connectivity index (χ3n) is 1.12. The molecule has 0 aliphatic rings. The highest BCUT2D eigenvalue weighted by Crippen LogP contribution is 2.12. The minimum absolute atomic E-state index is 0.938. The van der Waals surface area contributed by atoms with E-state index in [1.54, 1.807) is 0 Å². The van der Waals surface area contributed by atoms with Crippen LogP contribution in [0, 0.1) is 0 Å². The van der Waals surface area contributed by atoms with E-state index < -0.39 is 30.8 Å². The predicted molar refractivity (Wildman–Crippen MR) is 39.2 cm³/mol. The summed E-state index contributed by atoms with van der Waals surface area (Å²) in [7, 11) is 0. The lowest BCUT2D eigenvalue weighted by atomic mass is 10.4. The Morgan fingerprint density at radius 1 is 1.50 bits per heavy atom. The van der Waals surface area contributed by atoms with Gasteiger partial charge in [-0.2, -0.15) is 13.2 Å². The summed E-state index contributed by atoms with van der Waals surface area (Å²) in [4.78, 5) is 20.9. The molecule has 1 atom stereocenters. The number of rotatable bonds is 3. The van der Waals surface area contributed by atoms with Gasteiger partial charge in [-0.15, -0.1) is 0 Å². The second kappa shape index (κ2) is 4.68. The Kier molecular flexibility index (Phi) is 4.19. The van der Waals surface area contributed by atoms with Crippen LogP contribution in [0.2, 0.25) is 0 Å². The second-order valence-corrected chi connectivity index (χ2v) is 2.42. The highest BCUT2D eigenvalue weighted by molar-refractivity contribution is 5.81. The summed E-state index contributed by atoms with van der Waals surface area (Å²) in [5, 5.41) is 1.41. The average Bonchev–Trinajstić information content (AvgIpc) is 1.99. The molecule has 0 fully saturated rings. The Balaban J connectivity index is 3.83. The molecule has 0 aromatic carbocycles. The summed E-state index contributed by atoms with van der Waals surface area (Å²) >= 11 is 0. The van der Waals surface area contributed by atoms with Crippen LogP contribution in [0.1, 0.15) is 6.92 Å². The largest absolute Gasteiger partial charge is 0.436 e. The van der Waals surface area contributed by atoms with Crippen LogP contribution in [0.3, 0.4) is 0 Å². The van der Waals surface area contributed by atoms with Crippen LogP contribution >= 0.6 is 0 Å². The lowest BCUT2D eigenvalue weighted by molar-refractivity contribution is -0.127. The minimum Gasteiger partial charge on any atom is -0.436 e. The summed E-state index contributed by atoms with van der Waals surface area (Å²) in [6, 6.07) is 0. The van der Waals surface area contributed by atoms with Crippen LogP contribution in [-0.2, 0) is 9.53 Å². The first-order valence-corrected chi connectivity index (χ1v) is 3.53. The number of halogens is 3. The SMILES string of the molecule is C[C@H](OC(=O)NCC(F)(F)F)C(N)=O. The number of ether oxygens (including phenoxy) is 1. The van der Waals surface area contributed by atoms with Gasteiger partial charge in [-0.1, -0.05) is 0 Å². The van der Waals surface area contributed by atoms with E-state index >= 15 is 0 Å². The van der Waals surface area contributed by atoms with Gasteiger partial charge in [-0.3, -0.25) is 4.79 Å². The summed E-state index contributed by atoms with van der Waals surface area (Å²) in [5.41, 5.74) is 4.70. The van der Waals surface area contributed by atoms with Crippen LogP contribution < -0.4 is 11.1 Å². The van der Waals surface area contributed by atoms with Crippen molar-refractivity contribution in [2.24, 2.45) is 5.73 Å². The van der Waals surface area contributed by atoms with Crippen molar-refractivity contribution in [3.8, 4) is 0 Å². The number of alkyl carbamates (subject to hydrolysis) is 1. The Bertz CT molecular complexity index is 229. The standard InChI is InChI=1S/C6H9F3N2O3/c1-3(4(10)12)14-5(13)11-2-6(7,8)9/h3H,2H2,1H3,(H2,10,12)(H,11,13)/t3-/m0/s1. The van der Waals surface area contributed by atoms with E-state index in [0.29, 0.717) is 0 Å². The molecule has 5 nitrogen and oxygen atoms in total. The van der Waals surface area contributed by atoms with Gasteiger partial charge in [0.15, 0.2) is 6.10 Å². The maximum Gasteiger partial charge on any atom is 0.408 e. The van der Waals surface area contributed by atoms with E-state index in [0.717, 1.165) is 6.92 Å². The van der Waals surface area contributed by atoms with E-state index in [1.165, 1.54) is 5.32 Å².